The van der Waals surface area contributed by atoms with Gasteiger partial charge in [0.15, 0.2) is 0 Å². The van der Waals surface area contributed by atoms with Gasteiger partial charge < -0.3 is 5.32 Å². The summed E-state index contributed by atoms with van der Waals surface area (Å²) in [5.74, 6) is 0. The molecule has 0 aromatic heterocycles. The topological polar surface area (TPSA) is 18.5 Å². The average molecular weight is 271 g/mol. The first kappa shape index (κ1) is 12.8. The van der Waals surface area contributed by atoms with Gasteiger partial charge in [0.1, 0.15) is 0 Å². The number of aryl methyl sites for hydroxylation is 2. The molecule has 0 bridgehead atoms. The van der Waals surface area contributed by atoms with Crippen molar-refractivity contribution in [2.24, 2.45) is 0 Å². The van der Waals surface area contributed by atoms with Gasteiger partial charge in [-0.15, -0.1) is 0 Å². The number of hydrogen-bond donors (Lipinski definition) is 1. The zero-order valence-corrected chi connectivity index (χ0v) is 12.4. The number of fused-ring (bicyclic) bond motifs is 1. The Morgan fingerprint density at radius 2 is 1.90 bits per heavy atom. The lowest BCUT2D eigenvalue weighted by Crippen LogP contribution is -2.63. The van der Waals surface area contributed by atoms with E-state index >= 15 is 0 Å². The van der Waals surface area contributed by atoms with Crippen LogP contribution in [0.4, 0.5) is 0 Å². The molecule has 1 aliphatic carbocycles. The van der Waals surface area contributed by atoms with E-state index < -0.39 is 0 Å². The van der Waals surface area contributed by atoms with Crippen molar-refractivity contribution < 1.29 is 0 Å². The van der Waals surface area contributed by atoms with Gasteiger partial charge in [0.05, 0.1) is 0 Å². The van der Waals surface area contributed by atoms with Gasteiger partial charge in [0, 0.05) is 51.4 Å². The van der Waals surface area contributed by atoms with Crippen molar-refractivity contribution in [2.45, 2.75) is 31.8 Å². The number of piperazine rings is 1. The first-order chi connectivity index (χ1) is 9.81. The third-order valence-corrected chi connectivity index (χ3v) is 5.35. The molecule has 0 radical (unpaired) electrons. The van der Waals surface area contributed by atoms with Crippen LogP contribution in [-0.4, -0.2) is 55.1 Å². The lowest BCUT2D eigenvalue weighted by molar-refractivity contribution is -0.000819. The van der Waals surface area contributed by atoms with E-state index in [9.17, 15) is 0 Å². The molecule has 0 amide bonds. The Morgan fingerprint density at radius 1 is 1.10 bits per heavy atom. The summed E-state index contributed by atoms with van der Waals surface area (Å²) in [4.78, 5) is 5.39. The van der Waals surface area contributed by atoms with E-state index in [4.69, 9.17) is 0 Å². The van der Waals surface area contributed by atoms with Gasteiger partial charge in [-0.2, -0.15) is 0 Å². The molecule has 2 heterocycles. The fourth-order valence-corrected chi connectivity index (χ4v) is 4.10. The molecule has 0 saturated carbocycles. The van der Waals surface area contributed by atoms with Gasteiger partial charge in [-0.25, -0.2) is 0 Å². The molecule has 20 heavy (non-hydrogen) atoms. The lowest BCUT2D eigenvalue weighted by Gasteiger charge is -2.49. The third-order valence-electron chi connectivity index (χ3n) is 5.35. The molecule has 1 aromatic rings. The Morgan fingerprint density at radius 3 is 2.70 bits per heavy atom. The van der Waals surface area contributed by atoms with Crippen molar-refractivity contribution in [1.82, 2.24) is 15.1 Å². The summed E-state index contributed by atoms with van der Waals surface area (Å²) in [6, 6.07) is 8.54. The molecule has 2 saturated heterocycles. The molecule has 3 nitrogen and oxygen atoms in total. The van der Waals surface area contributed by atoms with Crippen molar-refractivity contribution in [2.75, 3.05) is 39.3 Å². The number of rotatable bonds is 2. The Balaban J connectivity index is 1.41. The second kappa shape index (κ2) is 5.14. The summed E-state index contributed by atoms with van der Waals surface area (Å²) in [6.07, 6.45) is 2.60. The quantitative estimate of drug-likeness (QED) is 0.881. The highest BCUT2D eigenvalue weighted by Crippen LogP contribution is 2.39. The van der Waals surface area contributed by atoms with E-state index in [-0.39, 0.29) is 0 Å². The molecule has 1 unspecified atom stereocenters. The van der Waals surface area contributed by atoms with E-state index in [2.05, 4.69) is 40.2 Å². The molecule has 4 rings (SSSR count). The second-order valence-electron chi connectivity index (χ2n) is 6.65. The predicted molar refractivity (Wildman–Crippen MR) is 82.0 cm³/mol. The van der Waals surface area contributed by atoms with Crippen molar-refractivity contribution in [3.63, 3.8) is 0 Å². The van der Waals surface area contributed by atoms with Gasteiger partial charge in [0.2, 0.25) is 0 Å². The van der Waals surface area contributed by atoms with Crippen molar-refractivity contribution in [3.05, 3.63) is 34.9 Å². The Bertz CT molecular complexity index is 487. The van der Waals surface area contributed by atoms with Crippen molar-refractivity contribution >= 4 is 0 Å². The molecule has 3 heteroatoms. The summed E-state index contributed by atoms with van der Waals surface area (Å²) in [7, 11) is 0. The molecule has 2 fully saturated rings. The summed E-state index contributed by atoms with van der Waals surface area (Å²) < 4.78 is 0. The average Bonchev–Trinajstić information content (AvgIpc) is 2.82. The normalized spacial score (nSPS) is 28.4. The number of benzene rings is 1. The fourth-order valence-electron chi connectivity index (χ4n) is 4.10. The molecule has 108 valence electrons. The minimum atomic E-state index is 0.698. The Kier molecular flexibility index (Phi) is 3.29. The van der Waals surface area contributed by atoms with E-state index in [1.807, 2.05) is 0 Å². The standard InChI is InChI=1S/C17H25N3/c1-13-2-3-14-4-5-17(16(14)10-13)20-11-15(12-20)19-8-6-18-7-9-19/h2-3,10,15,17-18H,4-9,11-12H2,1H3. The van der Waals surface area contributed by atoms with Crippen LogP contribution in [0.2, 0.25) is 0 Å². The minimum Gasteiger partial charge on any atom is -0.314 e. The zero-order chi connectivity index (χ0) is 13.5. The zero-order valence-electron chi connectivity index (χ0n) is 12.4. The van der Waals surface area contributed by atoms with E-state index in [1.54, 1.807) is 11.1 Å². The maximum absolute atomic E-state index is 3.45. The molecule has 1 N–H and O–H groups in total. The van der Waals surface area contributed by atoms with E-state index in [0.717, 1.165) is 6.04 Å². The summed E-state index contributed by atoms with van der Waals surface area (Å²) in [6.45, 7) is 9.58. The van der Waals surface area contributed by atoms with E-state index in [0.29, 0.717) is 6.04 Å². The van der Waals surface area contributed by atoms with Gasteiger partial charge in [0.25, 0.3) is 0 Å². The van der Waals surface area contributed by atoms with Gasteiger partial charge in [-0.1, -0.05) is 23.8 Å². The maximum Gasteiger partial charge on any atom is 0.0355 e. The van der Waals surface area contributed by atoms with Crippen LogP contribution in [-0.2, 0) is 6.42 Å². The van der Waals surface area contributed by atoms with Crippen LogP contribution in [0, 0.1) is 6.92 Å². The third kappa shape index (κ3) is 2.18. The summed E-state index contributed by atoms with van der Waals surface area (Å²) >= 11 is 0. The SMILES string of the molecule is Cc1ccc2c(c1)C(N1CC(N3CCNCC3)C1)CC2. The van der Waals surface area contributed by atoms with Crippen LogP contribution in [0.15, 0.2) is 18.2 Å². The summed E-state index contributed by atoms with van der Waals surface area (Å²) in [5, 5.41) is 3.45. The molecule has 3 aliphatic rings. The van der Waals surface area contributed by atoms with Crippen LogP contribution in [0.3, 0.4) is 0 Å². The number of nitrogens with zero attached hydrogens (tertiary/aromatic N) is 2. The van der Waals surface area contributed by atoms with E-state index in [1.165, 1.54) is 57.7 Å². The fraction of sp³-hybridized carbons (Fsp3) is 0.647. The Hall–Kier alpha value is -0.900. The van der Waals surface area contributed by atoms with Gasteiger partial charge in [-0.3, -0.25) is 9.80 Å². The number of nitrogens with one attached hydrogen (secondary N) is 1. The highest BCUT2D eigenvalue weighted by atomic mass is 15.3. The number of hydrogen-bond acceptors (Lipinski definition) is 3. The first-order valence-corrected chi connectivity index (χ1v) is 8.09. The Labute approximate surface area is 121 Å². The van der Waals surface area contributed by atoms with Gasteiger partial charge >= 0.3 is 0 Å². The molecule has 1 atom stereocenters. The maximum atomic E-state index is 3.45. The monoisotopic (exact) mass is 271 g/mol. The predicted octanol–water partition coefficient (Wildman–Crippen LogP) is 1.57. The van der Waals surface area contributed by atoms with Crippen molar-refractivity contribution in [1.29, 1.82) is 0 Å². The van der Waals surface area contributed by atoms with Gasteiger partial charge in [-0.05, 0) is 30.9 Å². The molecule has 1 aromatic carbocycles. The minimum absolute atomic E-state index is 0.698. The highest BCUT2D eigenvalue weighted by Gasteiger charge is 2.38. The van der Waals surface area contributed by atoms with Crippen LogP contribution in [0.5, 0.6) is 0 Å². The van der Waals surface area contributed by atoms with Crippen LogP contribution in [0.25, 0.3) is 0 Å². The van der Waals surface area contributed by atoms with Crippen LogP contribution in [0.1, 0.15) is 29.2 Å². The van der Waals surface area contributed by atoms with Crippen LogP contribution >= 0.6 is 0 Å². The molecular formula is C17H25N3. The second-order valence-corrected chi connectivity index (χ2v) is 6.65. The smallest absolute Gasteiger partial charge is 0.0355 e. The summed E-state index contributed by atoms with van der Waals surface area (Å²) in [5.41, 5.74) is 4.62. The van der Waals surface area contributed by atoms with Crippen LogP contribution < -0.4 is 5.32 Å². The molecule has 2 aliphatic heterocycles. The highest BCUT2D eigenvalue weighted by molar-refractivity contribution is 5.38. The lowest BCUT2D eigenvalue weighted by atomic mass is 9.98. The first-order valence-electron chi connectivity index (χ1n) is 8.09. The van der Waals surface area contributed by atoms with Crippen molar-refractivity contribution in [3.8, 4) is 0 Å². The molecular weight excluding hydrogens is 246 g/mol. The molecule has 0 spiro atoms. The largest absolute Gasteiger partial charge is 0.314 e. The number of likely N-dealkylation sites (tertiary alicyclic amines) is 1.